The topological polar surface area (TPSA) is 72.9 Å². The van der Waals surface area contributed by atoms with E-state index in [2.05, 4.69) is 5.32 Å². The van der Waals surface area contributed by atoms with E-state index in [0.717, 1.165) is 17.7 Å². The average molecular weight is 381 g/mol. The Morgan fingerprint density at radius 1 is 1.35 bits per heavy atom. The van der Waals surface area contributed by atoms with Gasteiger partial charge < -0.3 is 14.9 Å². The molecule has 8 heteroatoms. The molecular formula is C18H24FN3O3S. The highest BCUT2D eigenvalue weighted by Crippen LogP contribution is 2.34. The number of hydrogen-bond donors (Lipinski definition) is 2. The van der Waals surface area contributed by atoms with Gasteiger partial charge in [-0.2, -0.15) is 11.8 Å². The van der Waals surface area contributed by atoms with Crippen molar-refractivity contribution in [2.45, 2.75) is 37.5 Å². The highest BCUT2D eigenvalue weighted by atomic mass is 32.2. The number of carbonyl (C=O) groups is 2. The van der Waals surface area contributed by atoms with Gasteiger partial charge in [-0.05, 0) is 36.1 Å². The third kappa shape index (κ3) is 3.81. The fourth-order valence-corrected chi connectivity index (χ4v) is 4.25. The van der Waals surface area contributed by atoms with E-state index in [1.807, 2.05) is 11.2 Å². The van der Waals surface area contributed by atoms with E-state index >= 15 is 0 Å². The van der Waals surface area contributed by atoms with E-state index in [1.54, 1.807) is 23.9 Å². The fraction of sp³-hybridized carbons (Fsp3) is 0.556. The van der Waals surface area contributed by atoms with Crippen LogP contribution in [-0.4, -0.2) is 63.7 Å². The smallest absolute Gasteiger partial charge is 0.407 e. The molecule has 0 radical (unpaired) electrons. The minimum atomic E-state index is -0.923. The average Bonchev–Trinajstić information content (AvgIpc) is 2.87. The Kier molecular flexibility index (Phi) is 5.72. The number of carboxylic acid groups (broad SMARTS) is 1. The zero-order valence-corrected chi connectivity index (χ0v) is 15.6. The van der Waals surface area contributed by atoms with Gasteiger partial charge >= 0.3 is 6.09 Å². The molecule has 1 unspecified atom stereocenters. The van der Waals surface area contributed by atoms with Crippen LogP contribution in [0.2, 0.25) is 0 Å². The number of hydrogen-bond acceptors (Lipinski definition) is 4. The number of thioether (sulfide) groups is 1. The first-order valence-electron chi connectivity index (χ1n) is 8.75. The molecule has 2 aliphatic rings. The van der Waals surface area contributed by atoms with Crippen LogP contribution < -0.4 is 5.32 Å². The van der Waals surface area contributed by atoms with Crippen molar-refractivity contribution in [2.24, 2.45) is 0 Å². The van der Waals surface area contributed by atoms with Crippen LogP contribution >= 0.6 is 11.8 Å². The lowest BCUT2D eigenvalue weighted by Gasteiger charge is -2.44. The van der Waals surface area contributed by atoms with E-state index in [-0.39, 0.29) is 17.8 Å². The maximum atomic E-state index is 13.2. The molecule has 1 spiro atoms. The second-order valence-corrected chi connectivity index (χ2v) is 7.82. The Morgan fingerprint density at radius 3 is 2.58 bits per heavy atom. The number of piperidine rings is 1. The minimum Gasteiger partial charge on any atom is -0.465 e. The van der Waals surface area contributed by atoms with Crippen molar-refractivity contribution in [3.05, 3.63) is 35.6 Å². The third-order valence-corrected chi connectivity index (χ3v) is 5.89. The maximum Gasteiger partial charge on any atom is 0.407 e. The van der Waals surface area contributed by atoms with Gasteiger partial charge in [0, 0.05) is 32.5 Å². The molecule has 6 nitrogen and oxygen atoms in total. The molecular weight excluding hydrogens is 357 g/mol. The molecule has 3 rings (SSSR count). The molecule has 1 aromatic carbocycles. The van der Waals surface area contributed by atoms with Gasteiger partial charge in [0.2, 0.25) is 5.91 Å². The van der Waals surface area contributed by atoms with Crippen molar-refractivity contribution in [1.29, 1.82) is 0 Å². The van der Waals surface area contributed by atoms with E-state index in [0.29, 0.717) is 32.5 Å². The second-order valence-electron chi connectivity index (χ2n) is 6.83. The summed E-state index contributed by atoms with van der Waals surface area (Å²) in [6.45, 7) is 1.19. The second kappa shape index (κ2) is 7.84. The number of likely N-dealkylation sites (tertiary alicyclic amines) is 1. The molecule has 1 aromatic rings. The van der Waals surface area contributed by atoms with Gasteiger partial charge in [-0.15, -0.1) is 0 Å². The molecule has 142 valence electrons. The van der Waals surface area contributed by atoms with Gasteiger partial charge in [-0.25, -0.2) is 9.18 Å². The van der Waals surface area contributed by atoms with Crippen LogP contribution in [-0.2, 0) is 11.3 Å². The number of amides is 2. The van der Waals surface area contributed by atoms with Crippen LogP contribution in [0.5, 0.6) is 0 Å². The Hall–Kier alpha value is -1.80. The van der Waals surface area contributed by atoms with Crippen molar-refractivity contribution < 1.29 is 19.1 Å². The number of nitrogens with zero attached hydrogens (tertiary/aromatic N) is 2. The molecule has 0 bridgehead atoms. The lowest BCUT2D eigenvalue weighted by Crippen LogP contribution is -2.59. The Bertz CT molecular complexity index is 662. The van der Waals surface area contributed by atoms with E-state index in [9.17, 15) is 19.1 Å². The molecule has 2 saturated heterocycles. The number of benzene rings is 1. The molecule has 0 aliphatic carbocycles. The normalized spacial score (nSPS) is 22.2. The number of rotatable bonds is 5. The maximum absolute atomic E-state index is 13.2. The molecule has 0 saturated carbocycles. The molecule has 2 amide bonds. The lowest BCUT2D eigenvalue weighted by atomic mass is 9.95. The molecule has 0 aromatic heterocycles. The first kappa shape index (κ1) is 19.0. The lowest BCUT2D eigenvalue weighted by molar-refractivity contribution is -0.134. The summed E-state index contributed by atoms with van der Waals surface area (Å²) in [6, 6.07) is 5.93. The zero-order valence-electron chi connectivity index (χ0n) is 14.8. The van der Waals surface area contributed by atoms with Crippen molar-refractivity contribution in [3.63, 3.8) is 0 Å². The Balaban J connectivity index is 1.80. The zero-order chi connectivity index (χ0) is 18.7. The van der Waals surface area contributed by atoms with E-state index in [4.69, 9.17) is 0 Å². The predicted octanol–water partition coefficient (Wildman–Crippen LogP) is 2.35. The molecule has 2 fully saturated rings. The summed E-state index contributed by atoms with van der Waals surface area (Å²) in [5, 5.41) is 12.7. The van der Waals surface area contributed by atoms with Crippen LogP contribution in [0, 0.1) is 5.82 Å². The Labute approximate surface area is 156 Å². The summed E-state index contributed by atoms with van der Waals surface area (Å²) in [7, 11) is 0. The van der Waals surface area contributed by atoms with E-state index in [1.165, 1.54) is 17.0 Å². The monoisotopic (exact) mass is 381 g/mol. The summed E-state index contributed by atoms with van der Waals surface area (Å²) >= 11 is 1.70. The van der Waals surface area contributed by atoms with Gasteiger partial charge in [0.1, 0.15) is 5.82 Å². The van der Waals surface area contributed by atoms with Crippen LogP contribution in [0.25, 0.3) is 0 Å². The SMILES string of the molecule is CSCCC1NC2(CCN(C(=O)O)CC2)N(Cc2ccc(F)cc2)C1=O. The third-order valence-electron chi connectivity index (χ3n) is 5.25. The van der Waals surface area contributed by atoms with Crippen LogP contribution in [0.4, 0.5) is 9.18 Å². The van der Waals surface area contributed by atoms with Gasteiger partial charge in [0.15, 0.2) is 0 Å². The largest absolute Gasteiger partial charge is 0.465 e. The van der Waals surface area contributed by atoms with Crippen molar-refractivity contribution in [1.82, 2.24) is 15.1 Å². The first-order chi connectivity index (χ1) is 12.4. The summed E-state index contributed by atoms with van der Waals surface area (Å²) in [4.78, 5) is 27.5. The molecule has 1 atom stereocenters. The number of carbonyl (C=O) groups excluding carboxylic acids is 1. The number of nitrogens with one attached hydrogen (secondary N) is 1. The van der Waals surface area contributed by atoms with Gasteiger partial charge in [-0.3, -0.25) is 10.1 Å². The van der Waals surface area contributed by atoms with Crippen LogP contribution in [0.3, 0.4) is 0 Å². The summed E-state index contributed by atoms with van der Waals surface area (Å²) in [5.41, 5.74) is 0.340. The summed E-state index contributed by atoms with van der Waals surface area (Å²) in [5.74, 6) is 0.625. The molecule has 2 heterocycles. The predicted molar refractivity (Wildman–Crippen MR) is 98.4 cm³/mol. The minimum absolute atomic E-state index is 0.0483. The van der Waals surface area contributed by atoms with Crippen LogP contribution in [0.15, 0.2) is 24.3 Å². The summed E-state index contributed by atoms with van der Waals surface area (Å²) in [6.07, 6.45) is 2.94. The Morgan fingerprint density at radius 2 is 2.00 bits per heavy atom. The summed E-state index contributed by atoms with van der Waals surface area (Å²) < 4.78 is 13.2. The highest BCUT2D eigenvalue weighted by molar-refractivity contribution is 7.98. The fourth-order valence-electron chi connectivity index (χ4n) is 3.78. The van der Waals surface area contributed by atoms with Crippen molar-refractivity contribution in [2.75, 3.05) is 25.1 Å². The molecule has 26 heavy (non-hydrogen) atoms. The van der Waals surface area contributed by atoms with E-state index < -0.39 is 11.8 Å². The van der Waals surface area contributed by atoms with Crippen LogP contribution in [0.1, 0.15) is 24.8 Å². The van der Waals surface area contributed by atoms with Gasteiger partial charge in [0.25, 0.3) is 0 Å². The number of halogens is 1. The standard InChI is InChI=1S/C18H24FN3O3S/c1-26-11-6-15-16(23)22(12-13-2-4-14(19)5-3-13)18(20-15)7-9-21(10-8-18)17(24)25/h2-5,15,20H,6-12H2,1H3,(H,24,25). The molecule has 2 N–H and O–H groups in total. The van der Waals surface area contributed by atoms with Crippen molar-refractivity contribution >= 4 is 23.8 Å². The quantitative estimate of drug-likeness (QED) is 0.819. The van der Waals surface area contributed by atoms with Gasteiger partial charge in [0.05, 0.1) is 11.7 Å². The first-order valence-corrected chi connectivity index (χ1v) is 10.1. The van der Waals surface area contributed by atoms with Gasteiger partial charge in [-0.1, -0.05) is 12.1 Å². The molecule has 2 aliphatic heterocycles. The van der Waals surface area contributed by atoms with Crippen molar-refractivity contribution in [3.8, 4) is 0 Å². The highest BCUT2D eigenvalue weighted by Gasteiger charge is 2.51.